The molecule has 0 bridgehead atoms. The van der Waals surface area contributed by atoms with Gasteiger partial charge in [0.1, 0.15) is 0 Å². The standard InChI is InChI=1S/C11H3F9N4/c12-9(13,14)6-4(7(21-22-7)10(15,16)17)2-1-3-5(6)8(23-24-8)11(18,19)20/h1-3H. The number of alkyl halides is 9. The van der Waals surface area contributed by atoms with Gasteiger partial charge in [-0.05, 0) is 0 Å². The summed E-state index contributed by atoms with van der Waals surface area (Å²) >= 11 is 0. The summed E-state index contributed by atoms with van der Waals surface area (Å²) in [7, 11) is 0. The van der Waals surface area contributed by atoms with Crippen molar-refractivity contribution >= 4 is 0 Å². The van der Waals surface area contributed by atoms with Crippen LogP contribution < -0.4 is 0 Å². The van der Waals surface area contributed by atoms with Crippen LogP contribution in [0.2, 0.25) is 0 Å². The SMILES string of the molecule is FC(F)(F)c1c(C2(C(F)(F)F)N=N2)cccc1C1(C(F)(F)F)N=N1. The lowest BCUT2D eigenvalue weighted by Gasteiger charge is -2.24. The number of benzene rings is 1. The van der Waals surface area contributed by atoms with E-state index in [9.17, 15) is 39.5 Å². The Labute approximate surface area is 126 Å². The molecule has 2 heterocycles. The Morgan fingerprint density at radius 3 is 1.17 bits per heavy atom. The van der Waals surface area contributed by atoms with E-state index < -0.39 is 46.5 Å². The molecule has 0 spiro atoms. The van der Waals surface area contributed by atoms with Crippen molar-refractivity contribution in [3.63, 3.8) is 0 Å². The fourth-order valence-corrected chi connectivity index (χ4v) is 2.29. The van der Waals surface area contributed by atoms with Crippen LogP contribution in [0.15, 0.2) is 38.7 Å². The molecule has 24 heavy (non-hydrogen) atoms. The predicted octanol–water partition coefficient (Wildman–Crippen LogP) is 5.07. The topological polar surface area (TPSA) is 49.4 Å². The molecule has 130 valence electrons. The molecule has 0 saturated heterocycles. The largest absolute Gasteiger partial charge is 0.442 e. The molecule has 4 nitrogen and oxygen atoms in total. The van der Waals surface area contributed by atoms with Crippen molar-refractivity contribution in [1.82, 2.24) is 0 Å². The van der Waals surface area contributed by atoms with Crippen molar-refractivity contribution < 1.29 is 39.5 Å². The average Bonchev–Trinajstić information content (AvgIpc) is 3.27. The molecule has 0 fully saturated rings. The minimum Gasteiger partial charge on any atom is -0.166 e. The van der Waals surface area contributed by atoms with Gasteiger partial charge in [-0.25, -0.2) is 0 Å². The van der Waals surface area contributed by atoms with E-state index in [1.807, 2.05) is 0 Å². The lowest BCUT2D eigenvalue weighted by molar-refractivity contribution is -0.174. The zero-order valence-corrected chi connectivity index (χ0v) is 10.9. The molecule has 0 saturated carbocycles. The third kappa shape index (κ3) is 2.09. The molecule has 0 radical (unpaired) electrons. The lowest BCUT2D eigenvalue weighted by Crippen LogP contribution is -2.36. The van der Waals surface area contributed by atoms with Crippen molar-refractivity contribution in [3.8, 4) is 0 Å². The minimum absolute atomic E-state index is 0.381. The summed E-state index contributed by atoms with van der Waals surface area (Å²) in [5, 5.41) is 10.5. The summed E-state index contributed by atoms with van der Waals surface area (Å²) in [6.45, 7) is 0. The highest BCUT2D eigenvalue weighted by Crippen LogP contribution is 2.60. The monoisotopic (exact) mass is 362 g/mol. The second-order valence-corrected chi connectivity index (χ2v) is 4.97. The van der Waals surface area contributed by atoms with Crippen LogP contribution in [0.5, 0.6) is 0 Å². The van der Waals surface area contributed by atoms with E-state index >= 15 is 0 Å². The third-order valence-corrected chi connectivity index (χ3v) is 3.49. The molecule has 0 unspecified atom stereocenters. The van der Waals surface area contributed by atoms with Gasteiger partial charge >= 0.3 is 29.9 Å². The van der Waals surface area contributed by atoms with E-state index in [1.165, 1.54) is 0 Å². The Balaban J connectivity index is 2.26. The number of rotatable bonds is 2. The van der Waals surface area contributed by atoms with Crippen molar-refractivity contribution in [2.45, 2.75) is 29.9 Å². The van der Waals surface area contributed by atoms with Gasteiger partial charge in [-0.15, -0.1) is 20.5 Å². The smallest absolute Gasteiger partial charge is 0.166 e. The summed E-state index contributed by atoms with van der Waals surface area (Å²) in [6.07, 6.45) is -16.2. The lowest BCUT2D eigenvalue weighted by atomic mass is 9.88. The maximum absolute atomic E-state index is 13.3. The number of halogens is 9. The Morgan fingerprint density at radius 2 is 0.958 bits per heavy atom. The van der Waals surface area contributed by atoms with Gasteiger partial charge in [-0.3, -0.25) is 0 Å². The van der Waals surface area contributed by atoms with E-state index in [0.29, 0.717) is 18.2 Å². The molecule has 0 N–H and O–H groups in total. The highest BCUT2D eigenvalue weighted by molar-refractivity contribution is 5.49. The molecule has 13 heteroatoms. The Kier molecular flexibility index (Phi) is 2.94. The van der Waals surface area contributed by atoms with Crippen molar-refractivity contribution in [3.05, 3.63) is 34.9 Å². The zero-order valence-electron chi connectivity index (χ0n) is 10.9. The molecule has 3 rings (SSSR count). The van der Waals surface area contributed by atoms with Crippen LogP contribution in [-0.4, -0.2) is 12.4 Å². The van der Waals surface area contributed by atoms with Crippen LogP contribution in [0.1, 0.15) is 16.7 Å². The van der Waals surface area contributed by atoms with Crippen LogP contribution in [0.4, 0.5) is 39.5 Å². The average molecular weight is 362 g/mol. The quantitative estimate of drug-likeness (QED) is 0.660. The number of hydrogen-bond donors (Lipinski definition) is 0. The summed E-state index contributed by atoms with van der Waals surface area (Å²) in [5.41, 5.74) is -12.3. The van der Waals surface area contributed by atoms with Crippen molar-refractivity contribution in [2.75, 3.05) is 0 Å². The van der Waals surface area contributed by atoms with Crippen LogP contribution in [-0.2, 0) is 17.5 Å². The van der Waals surface area contributed by atoms with Gasteiger partial charge in [-0.2, -0.15) is 39.5 Å². The second-order valence-electron chi connectivity index (χ2n) is 4.97. The van der Waals surface area contributed by atoms with Gasteiger partial charge in [0.25, 0.3) is 0 Å². The molecule has 1 aromatic carbocycles. The second kappa shape index (κ2) is 4.25. The first-order chi connectivity index (χ1) is 10.8. The van der Waals surface area contributed by atoms with Gasteiger partial charge in [-0.1, -0.05) is 18.2 Å². The number of hydrogen-bond acceptors (Lipinski definition) is 4. The van der Waals surface area contributed by atoms with Gasteiger partial charge in [0.2, 0.25) is 0 Å². The fourth-order valence-electron chi connectivity index (χ4n) is 2.29. The molecular weight excluding hydrogens is 359 g/mol. The summed E-state index contributed by atoms with van der Waals surface area (Å²) in [4.78, 5) is 0. The van der Waals surface area contributed by atoms with Gasteiger partial charge in [0.15, 0.2) is 0 Å². The summed E-state index contributed by atoms with van der Waals surface area (Å²) < 4.78 is 118. The van der Waals surface area contributed by atoms with Gasteiger partial charge in [0, 0.05) is 11.1 Å². The van der Waals surface area contributed by atoms with Crippen molar-refractivity contribution in [2.24, 2.45) is 20.5 Å². The Morgan fingerprint density at radius 1 is 0.625 bits per heavy atom. The Bertz CT molecular complexity index is 690. The first-order valence-corrected chi connectivity index (χ1v) is 5.99. The molecule has 2 aliphatic rings. The zero-order chi connectivity index (χ0) is 18.2. The first-order valence-electron chi connectivity index (χ1n) is 5.99. The van der Waals surface area contributed by atoms with E-state index in [0.717, 1.165) is 0 Å². The van der Waals surface area contributed by atoms with E-state index in [4.69, 9.17) is 0 Å². The Hall–Kier alpha value is -2.21. The van der Waals surface area contributed by atoms with E-state index in [1.54, 1.807) is 0 Å². The molecule has 0 aliphatic carbocycles. The minimum atomic E-state index is -5.54. The van der Waals surface area contributed by atoms with E-state index in [2.05, 4.69) is 20.5 Å². The molecule has 1 aromatic rings. The normalized spacial score (nSPS) is 21.0. The van der Waals surface area contributed by atoms with Crippen LogP contribution in [0.3, 0.4) is 0 Å². The summed E-state index contributed by atoms with van der Waals surface area (Å²) in [5.74, 6) is 0. The highest BCUT2D eigenvalue weighted by Gasteiger charge is 2.71. The number of nitrogens with zero attached hydrogens (tertiary/aromatic N) is 4. The van der Waals surface area contributed by atoms with E-state index in [-0.39, 0.29) is 0 Å². The van der Waals surface area contributed by atoms with Crippen molar-refractivity contribution in [1.29, 1.82) is 0 Å². The fraction of sp³-hybridized carbons (Fsp3) is 0.455. The van der Waals surface area contributed by atoms with Gasteiger partial charge < -0.3 is 0 Å². The van der Waals surface area contributed by atoms with Crippen LogP contribution in [0.25, 0.3) is 0 Å². The first kappa shape index (κ1) is 16.6. The van der Waals surface area contributed by atoms with Gasteiger partial charge in [0.05, 0.1) is 5.56 Å². The maximum Gasteiger partial charge on any atom is 0.442 e. The molecule has 0 atom stereocenters. The molecular formula is C11H3F9N4. The molecule has 0 amide bonds. The predicted molar refractivity (Wildman–Crippen MR) is 56.6 cm³/mol. The molecule has 0 aromatic heterocycles. The summed E-state index contributed by atoms with van der Waals surface area (Å²) in [6, 6.07) is 1.38. The molecule has 2 aliphatic heterocycles. The van der Waals surface area contributed by atoms with Crippen LogP contribution in [0, 0.1) is 0 Å². The third-order valence-electron chi connectivity index (χ3n) is 3.49. The van der Waals surface area contributed by atoms with Crippen LogP contribution >= 0.6 is 0 Å². The highest BCUT2D eigenvalue weighted by atomic mass is 19.4. The maximum atomic E-state index is 13.3.